The number of nitrogen functional groups attached to an aromatic ring is 1. The average Bonchev–Trinajstić information content (AvgIpc) is 3.62. The number of oxazole rings is 1. The largest absolute Gasteiger partial charge is 0.444 e. The van der Waals surface area contributed by atoms with Gasteiger partial charge in [-0.05, 0) is 86.0 Å². The van der Waals surface area contributed by atoms with Crippen LogP contribution in [0.4, 0.5) is 14.5 Å². The number of anilines is 1. The molecule has 1 saturated carbocycles. The molecule has 42 heavy (non-hydrogen) atoms. The van der Waals surface area contributed by atoms with E-state index < -0.39 is 11.6 Å². The predicted molar refractivity (Wildman–Crippen MR) is 159 cm³/mol. The van der Waals surface area contributed by atoms with Crippen molar-refractivity contribution in [2.24, 2.45) is 5.92 Å². The SMILES string of the molecule is CCc1ccc(C(C)N(Cc2nc(C)c(C)o2)C(=O)C2CCC(n3cc(-c4cc(F)c(Br)c(F)c4N)nn3)CC2)cc1. The topological polar surface area (TPSA) is 103 Å². The van der Waals surface area contributed by atoms with Crippen molar-refractivity contribution in [3.63, 3.8) is 0 Å². The third-order valence-electron chi connectivity index (χ3n) is 8.41. The lowest BCUT2D eigenvalue weighted by molar-refractivity contribution is -0.140. The summed E-state index contributed by atoms with van der Waals surface area (Å²) in [6.45, 7) is 8.23. The maximum atomic E-state index is 14.3. The van der Waals surface area contributed by atoms with E-state index in [2.05, 4.69) is 62.4 Å². The van der Waals surface area contributed by atoms with Gasteiger partial charge in [0.1, 0.15) is 17.3 Å². The molecule has 1 atom stereocenters. The fraction of sp³-hybridized carbons (Fsp3) is 0.419. The van der Waals surface area contributed by atoms with Gasteiger partial charge in [-0.15, -0.1) is 5.10 Å². The number of aromatic nitrogens is 4. The summed E-state index contributed by atoms with van der Waals surface area (Å²) < 4.78 is 35.8. The van der Waals surface area contributed by atoms with Crippen molar-refractivity contribution >= 4 is 27.5 Å². The van der Waals surface area contributed by atoms with Crippen molar-refractivity contribution in [1.29, 1.82) is 0 Å². The van der Waals surface area contributed by atoms with Crippen molar-refractivity contribution in [3.8, 4) is 11.3 Å². The molecule has 1 unspecified atom stereocenters. The summed E-state index contributed by atoms with van der Waals surface area (Å²) in [5.41, 5.74) is 9.27. The Hall–Kier alpha value is -3.60. The monoisotopic (exact) mass is 640 g/mol. The first-order valence-electron chi connectivity index (χ1n) is 14.2. The maximum absolute atomic E-state index is 14.3. The van der Waals surface area contributed by atoms with Gasteiger partial charge in [0.15, 0.2) is 5.82 Å². The first-order valence-corrected chi connectivity index (χ1v) is 15.0. The lowest BCUT2D eigenvalue weighted by atomic mass is 9.84. The Morgan fingerprint density at radius 2 is 1.88 bits per heavy atom. The van der Waals surface area contributed by atoms with E-state index in [0.29, 0.717) is 37.3 Å². The van der Waals surface area contributed by atoms with Crippen molar-refractivity contribution in [2.75, 3.05) is 5.73 Å². The highest BCUT2D eigenvalue weighted by Crippen LogP contribution is 2.37. The van der Waals surface area contributed by atoms with Crippen LogP contribution >= 0.6 is 15.9 Å². The van der Waals surface area contributed by atoms with E-state index in [1.807, 2.05) is 25.7 Å². The van der Waals surface area contributed by atoms with Gasteiger partial charge >= 0.3 is 0 Å². The van der Waals surface area contributed by atoms with Gasteiger partial charge in [0.2, 0.25) is 11.8 Å². The van der Waals surface area contributed by atoms with Crippen molar-refractivity contribution in [1.82, 2.24) is 24.9 Å². The minimum absolute atomic E-state index is 0.00571. The van der Waals surface area contributed by atoms with Gasteiger partial charge in [0.05, 0.1) is 40.7 Å². The number of benzene rings is 2. The zero-order valence-electron chi connectivity index (χ0n) is 24.2. The van der Waals surface area contributed by atoms with Gasteiger partial charge in [-0.3, -0.25) is 4.79 Å². The first kappa shape index (κ1) is 29.9. The lowest BCUT2D eigenvalue weighted by Crippen LogP contribution is -2.39. The molecule has 1 aliphatic rings. The summed E-state index contributed by atoms with van der Waals surface area (Å²) in [6, 6.07) is 9.38. The number of aryl methyl sites for hydroxylation is 3. The fourth-order valence-corrected chi connectivity index (χ4v) is 5.92. The van der Waals surface area contributed by atoms with Crippen LogP contribution in [-0.2, 0) is 17.8 Å². The summed E-state index contributed by atoms with van der Waals surface area (Å²) in [7, 11) is 0. The molecule has 0 bridgehead atoms. The Bertz CT molecular complexity index is 1560. The maximum Gasteiger partial charge on any atom is 0.226 e. The highest BCUT2D eigenvalue weighted by atomic mass is 79.9. The molecule has 2 aromatic heterocycles. The first-order chi connectivity index (χ1) is 20.1. The van der Waals surface area contributed by atoms with Crippen LogP contribution in [0, 0.1) is 31.4 Å². The Morgan fingerprint density at radius 3 is 2.50 bits per heavy atom. The number of carbonyl (C=O) groups is 1. The van der Waals surface area contributed by atoms with Gasteiger partial charge < -0.3 is 15.1 Å². The van der Waals surface area contributed by atoms with E-state index in [-0.39, 0.29) is 46.2 Å². The van der Waals surface area contributed by atoms with Crippen LogP contribution < -0.4 is 5.73 Å². The molecular formula is C31H35BrF2N6O2. The summed E-state index contributed by atoms with van der Waals surface area (Å²) in [5.74, 6) is -0.445. The lowest BCUT2D eigenvalue weighted by Gasteiger charge is -2.35. The van der Waals surface area contributed by atoms with Gasteiger partial charge in [-0.1, -0.05) is 36.4 Å². The quantitative estimate of drug-likeness (QED) is 0.161. The highest BCUT2D eigenvalue weighted by molar-refractivity contribution is 9.10. The van der Waals surface area contributed by atoms with E-state index in [1.165, 1.54) is 5.56 Å². The molecule has 2 aromatic carbocycles. The van der Waals surface area contributed by atoms with Gasteiger partial charge in [0, 0.05) is 11.5 Å². The standard InChI is InChI=1S/C31H35BrF2N6O2/c1-5-20-6-8-21(9-7-20)18(3)39(16-27-36-17(2)19(4)42-27)31(41)22-10-12-23(13-11-22)40-15-26(37-38-40)24-14-25(33)28(32)29(34)30(24)35/h6-9,14-15,18,22-23H,5,10-13,16,35H2,1-4H3. The smallest absolute Gasteiger partial charge is 0.226 e. The van der Waals surface area contributed by atoms with E-state index in [0.717, 1.165) is 29.5 Å². The zero-order valence-corrected chi connectivity index (χ0v) is 25.8. The van der Waals surface area contributed by atoms with Crippen molar-refractivity contribution < 1.29 is 18.0 Å². The summed E-state index contributed by atoms with van der Waals surface area (Å²) in [6.07, 6.45) is 5.37. The second kappa shape index (κ2) is 12.3. The number of hydrogen-bond donors (Lipinski definition) is 1. The molecule has 5 rings (SSSR count). The van der Waals surface area contributed by atoms with Crippen LogP contribution in [-0.4, -0.2) is 30.8 Å². The third kappa shape index (κ3) is 5.97. The zero-order chi connectivity index (χ0) is 30.1. The Morgan fingerprint density at radius 1 is 1.19 bits per heavy atom. The van der Waals surface area contributed by atoms with Crippen LogP contribution in [0.15, 0.2) is 45.4 Å². The molecule has 8 nitrogen and oxygen atoms in total. The van der Waals surface area contributed by atoms with Crippen molar-refractivity contribution in [3.05, 3.63) is 81.1 Å². The minimum atomic E-state index is -0.867. The van der Waals surface area contributed by atoms with Crippen LogP contribution in [0.2, 0.25) is 0 Å². The predicted octanol–water partition coefficient (Wildman–Crippen LogP) is 7.26. The molecule has 0 radical (unpaired) electrons. The molecule has 11 heteroatoms. The highest BCUT2D eigenvalue weighted by Gasteiger charge is 2.34. The average molecular weight is 642 g/mol. The summed E-state index contributed by atoms with van der Waals surface area (Å²) >= 11 is 2.87. The molecule has 1 fully saturated rings. The second-order valence-electron chi connectivity index (χ2n) is 11.0. The molecule has 1 amide bonds. The number of amides is 1. The third-order valence-corrected chi connectivity index (χ3v) is 9.13. The normalized spacial score (nSPS) is 17.8. The Labute approximate surface area is 252 Å². The summed E-state index contributed by atoms with van der Waals surface area (Å²) in [5, 5.41) is 8.36. The molecule has 1 aliphatic carbocycles. The molecule has 0 spiro atoms. The number of hydrogen-bond acceptors (Lipinski definition) is 6. The van der Waals surface area contributed by atoms with E-state index in [4.69, 9.17) is 10.2 Å². The number of carbonyl (C=O) groups excluding carboxylic acids is 1. The van der Waals surface area contributed by atoms with E-state index in [9.17, 15) is 13.6 Å². The molecule has 4 aromatic rings. The molecule has 0 aliphatic heterocycles. The molecule has 222 valence electrons. The van der Waals surface area contributed by atoms with Crippen LogP contribution in [0.25, 0.3) is 11.3 Å². The number of halogens is 3. The fourth-order valence-electron chi connectivity index (χ4n) is 5.59. The number of rotatable bonds is 8. The van der Waals surface area contributed by atoms with Gasteiger partial charge in [-0.25, -0.2) is 18.4 Å². The Balaban J connectivity index is 1.31. The summed E-state index contributed by atoms with van der Waals surface area (Å²) in [4.78, 5) is 20.4. The number of nitrogens with zero attached hydrogens (tertiary/aromatic N) is 5. The molecule has 2 heterocycles. The second-order valence-corrected chi connectivity index (χ2v) is 11.8. The minimum Gasteiger partial charge on any atom is -0.444 e. The van der Waals surface area contributed by atoms with Crippen LogP contribution in [0.1, 0.15) is 80.1 Å². The molecular weight excluding hydrogens is 606 g/mol. The van der Waals surface area contributed by atoms with Crippen LogP contribution in [0.5, 0.6) is 0 Å². The van der Waals surface area contributed by atoms with Gasteiger partial charge in [0.25, 0.3) is 0 Å². The van der Waals surface area contributed by atoms with E-state index in [1.54, 1.807) is 10.9 Å². The van der Waals surface area contributed by atoms with Crippen LogP contribution in [0.3, 0.4) is 0 Å². The number of nitrogens with two attached hydrogens (primary N) is 1. The Kier molecular flexibility index (Phi) is 8.77. The molecule has 0 saturated heterocycles. The van der Waals surface area contributed by atoms with Gasteiger partial charge in [-0.2, -0.15) is 0 Å². The van der Waals surface area contributed by atoms with E-state index >= 15 is 0 Å². The molecule has 2 N–H and O–H groups in total. The van der Waals surface area contributed by atoms with Crippen molar-refractivity contribution in [2.45, 2.75) is 78.4 Å².